The van der Waals surface area contributed by atoms with Crippen molar-refractivity contribution in [2.75, 3.05) is 72.7 Å². The van der Waals surface area contributed by atoms with E-state index in [0.717, 1.165) is 69.6 Å². The van der Waals surface area contributed by atoms with Crippen molar-refractivity contribution in [3.8, 4) is 17.2 Å². The molecule has 0 saturated carbocycles. The lowest BCUT2D eigenvalue weighted by molar-refractivity contribution is 0.0515. The number of piperidine rings is 1. The largest absolute Gasteiger partial charge is 0.496 e. The van der Waals surface area contributed by atoms with Gasteiger partial charge in [0.05, 0.1) is 13.7 Å². The number of rotatable bonds is 6. The zero-order valence-corrected chi connectivity index (χ0v) is 16.9. The molecular formula is C21H33N3O4. The number of hydrogen-bond acceptors (Lipinski definition) is 7. The number of likely N-dealkylation sites (tertiary alicyclic amines) is 1. The van der Waals surface area contributed by atoms with Crippen LogP contribution in [0.15, 0.2) is 12.1 Å². The Hall–Kier alpha value is -1.54. The van der Waals surface area contributed by atoms with Crippen LogP contribution in [0.4, 0.5) is 0 Å². The summed E-state index contributed by atoms with van der Waals surface area (Å²) in [6.45, 7) is 9.79. The normalized spacial score (nSPS) is 22.4. The van der Waals surface area contributed by atoms with Crippen molar-refractivity contribution in [3.05, 3.63) is 17.7 Å². The van der Waals surface area contributed by atoms with Gasteiger partial charge < -0.3 is 19.3 Å². The fraction of sp³-hybridized carbons (Fsp3) is 0.714. The van der Waals surface area contributed by atoms with Crippen molar-refractivity contribution in [2.24, 2.45) is 0 Å². The molecule has 0 radical (unpaired) electrons. The highest BCUT2D eigenvalue weighted by molar-refractivity contribution is 5.51. The Kier molecular flexibility index (Phi) is 6.57. The molecule has 0 bridgehead atoms. The Morgan fingerprint density at radius 1 is 0.964 bits per heavy atom. The number of fused-ring (bicyclic) bond motifs is 1. The lowest BCUT2D eigenvalue weighted by Crippen LogP contribution is -2.53. The maximum Gasteiger partial charge on any atom is 0.165 e. The van der Waals surface area contributed by atoms with E-state index in [1.807, 2.05) is 6.07 Å². The van der Waals surface area contributed by atoms with Crippen molar-refractivity contribution in [2.45, 2.75) is 25.4 Å². The van der Waals surface area contributed by atoms with Crippen LogP contribution in [0.2, 0.25) is 0 Å². The zero-order chi connectivity index (χ0) is 19.3. The Bertz CT molecular complexity index is 641. The SMILES string of the molecule is COc1cc2c(cc1CN1CCC(N3CCN(CCO)CC3)CC1)OCCO2. The molecule has 0 aromatic heterocycles. The second-order valence-corrected chi connectivity index (χ2v) is 7.92. The van der Waals surface area contributed by atoms with Crippen LogP contribution in [-0.2, 0) is 6.54 Å². The third-order valence-electron chi connectivity index (χ3n) is 6.24. The summed E-state index contributed by atoms with van der Waals surface area (Å²) in [5.74, 6) is 2.50. The van der Waals surface area contributed by atoms with E-state index < -0.39 is 0 Å². The van der Waals surface area contributed by atoms with Gasteiger partial charge in [0.2, 0.25) is 0 Å². The summed E-state index contributed by atoms with van der Waals surface area (Å²) in [6.07, 6.45) is 2.43. The Morgan fingerprint density at radius 3 is 2.29 bits per heavy atom. The molecule has 7 nitrogen and oxygen atoms in total. The number of aliphatic hydroxyl groups excluding tert-OH is 1. The number of aliphatic hydroxyl groups is 1. The maximum absolute atomic E-state index is 9.10. The fourth-order valence-electron chi connectivity index (χ4n) is 4.60. The van der Waals surface area contributed by atoms with Gasteiger partial charge in [-0.15, -0.1) is 0 Å². The smallest absolute Gasteiger partial charge is 0.165 e. The van der Waals surface area contributed by atoms with Gasteiger partial charge in [0.15, 0.2) is 11.5 Å². The van der Waals surface area contributed by atoms with Gasteiger partial charge in [0, 0.05) is 56.9 Å². The van der Waals surface area contributed by atoms with Crippen molar-refractivity contribution < 1.29 is 19.3 Å². The molecular weight excluding hydrogens is 358 g/mol. The number of ether oxygens (including phenoxy) is 3. The average molecular weight is 392 g/mol. The van der Waals surface area contributed by atoms with E-state index in [9.17, 15) is 0 Å². The molecule has 28 heavy (non-hydrogen) atoms. The van der Waals surface area contributed by atoms with Gasteiger partial charge in [-0.05, 0) is 32.0 Å². The van der Waals surface area contributed by atoms with Crippen molar-refractivity contribution in [1.82, 2.24) is 14.7 Å². The van der Waals surface area contributed by atoms with Crippen LogP contribution in [-0.4, -0.2) is 98.6 Å². The summed E-state index contributed by atoms with van der Waals surface area (Å²) >= 11 is 0. The summed E-state index contributed by atoms with van der Waals surface area (Å²) < 4.78 is 17.0. The molecule has 2 fully saturated rings. The minimum Gasteiger partial charge on any atom is -0.496 e. The first kappa shape index (κ1) is 19.8. The van der Waals surface area contributed by atoms with Gasteiger partial charge in [-0.25, -0.2) is 0 Å². The molecule has 3 aliphatic heterocycles. The Morgan fingerprint density at radius 2 is 1.64 bits per heavy atom. The third-order valence-corrected chi connectivity index (χ3v) is 6.24. The van der Waals surface area contributed by atoms with Gasteiger partial charge in [0.1, 0.15) is 19.0 Å². The molecule has 1 aromatic carbocycles. The van der Waals surface area contributed by atoms with E-state index in [-0.39, 0.29) is 6.61 Å². The summed E-state index contributed by atoms with van der Waals surface area (Å²) in [5, 5.41) is 9.10. The molecule has 156 valence electrons. The van der Waals surface area contributed by atoms with Gasteiger partial charge in [-0.3, -0.25) is 14.7 Å². The molecule has 0 aliphatic carbocycles. The molecule has 0 amide bonds. The predicted molar refractivity (Wildman–Crippen MR) is 107 cm³/mol. The number of β-amino-alcohol motifs (C(OH)–C–C–N with tert-alkyl or cyclic N) is 1. The summed E-state index contributed by atoms with van der Waals surface area (Å²) in [5.41, 5.74) is 1.17. The first-order valence-corrected chi connectivity index (χ1v) is 10.5. The molecule has 1 N–H and O–H groups in total. The third kappa shape index (κ3) is 4.54. The van der Waals surface area contributed by atoms with E-state index in [1.54, 1.807) is 7.11 Å². The maximum atomic E-state index is 9.10. The van der Waals surface area contributed by atoms with Crippen molar-refractivity contribution >= 4 is 0 Å². The lowest BCUT2D eigenvalue weighted by Gasteiger charge is -2.42. The van der Waals surface area contributed by atoms with E-state index in [4.69, 9.17) is 19.3 Å². The second kappa shape index (κ2) is 9.31. The highest BCUT2D eigenvalue weighted by Gasteiger charge is 2.28. The molecule has 0 spiro atoms. The van der Waals surface area contributed by atoms with Crippen LogP contribution in [0.25, 0.3) is 0 Å². The number of benzene rings is 1. The van der Waals surface area contributed by atoms with Crippen molar-refractivity contribution in [3.63, 3.8) is 0 Å². The standard InChI is InChI=1S/C21H33N3O4/c1-26-19-15-21-20(27-12-13-28-21)14-17(19)16-23-4-2-18(3-5-23)24-8-6-22(7-9-24)10-11-25/h14-15,18,25H,2-13,16H2,1H3. The molecule has 7 heteroatoms. The fourth-order valence-corrected chi connectivity index (χ4v) is 4.60. The topological polar surface area (TPSA) is 57.6 Å². The van der Waals surface area contributed by atoms with Crippen LogP contribution in [0, 0.1) is 0 Å². The monoisotopic (exact) mass is 391 g/mol. The Labute approximate surface area is 167 Å². The van der Waals surface area contributed by atoms with E-state index in [0.29, 0.717) is 19.3 Å². The molecule has 1 aromatic rings. The van der Waals surface area contributed by atoms with Crippen molar-refractivity contribution in [1.29, 1.82) is 0 Å². The molecule has 4 rings (SSSR count). The van der Waals surface area contributed by atoms with Gasteiger partial charge in [-0.1, -0.05) is 0 Å². The predicted octanol–water partition coefficient (Wildman–Crippen LogP) is 1.04. The average Bonchev–Trinajstić information content (AvgIpc) is 2.75. The minimum atomic E-state index is 0.266. The van der Waals surface area contributed by atoms with E-state index >= 15 is 0 Å². The first-order chi connectivity index (χ1) is 13.8. The number of methoxy groups -OCH3 is 1. The Balaban J connectivity index is 1.30. The van der Waals surface area contributed by atoms with Crippen LogP contribution in [0.5, 0.6) is 17.2 Å². The molecule has 0 unspecified atom stereocenters. The van der Waals surface area contributed by atoms with E-state index in [2.05, 4.69) is 20.8 Å². The molecule has 0 atom stereocenters. The van der Waals surface area contributed by atoms with Gasteiger partial charge >= 0.3 is 0 Å². The van der Waals surface area contributed by atoms with Crippen LogP contribution >= 0.6 is 0 Å². The highest BCUT2D eigenvalue weighted by Crippen LogP contribution is 2.37. The first-order valence-electron chi connectivity index (χ1n) is 10.5. The number of piperazine rings is 1. The summed E-state index contributed by atoms with van der Waals surface area (Å²) in [6, 6.07) is 4.73. The second-order valence-electron chi connectivity index (χ2n) is 7.92. The molecule has 3 aliphatic rings. The molecule has 2 saturated heterocycles. The number of nitrogens with zero attached hydrogens (tertiary/aromatic N) is 3. The lowest BCUT2D eigenvalue weighted by atomic mass is 10.0. The molecule has 3 heterocycles. The summed E-state index contributed by atoms with van der Waals surface area (Å²) in [7, 11) is 1.72. The van der Waals surface area contributed by atoms with Gasteiger partial charge in [0.25, 0.3) is 0 Å². The van der Waals surface area contributed by atoms with E-state index in [1.165, 1.54) is 18.4 Å². The highest BCUT2D eigenvalue weighted by atomic mass is 16.6. The van der Waals surface area contributed by atoms with Crippen LogP contribution in [0.3, 0.4) is 0 Å². The minimum absolute atomic E-state index is 0.266. The quantitative estimate of drug-likeness (QED) is 0.778. The summed E-state index contributed by atoms with van der Waals surface area (Å²) in [4.78, 5) is 7.53. The van der Waals surface area contributed by atoms with Crippen LogP contribution in [0.1, 0.15) is 18.4 Å². The zero-order valence-electron chi connectivity index (χ0n) is 16.9. The van der Waals surface area contributed by atoms with Gasteiger partial charge in [-0.2, -0.15) is 0 Å². The number of hydrogen-bond donors (Lipinski definition) is 1. The van der Waals surface area contributed by atoms with Crippen LogP contribution < -0.4 is 14.2 Å².